The first kappa shape index (κ1) is 14.4. The monoisotopic (exact) mass is 259 g/mol. The van der Waals surface area contributed by atoms with Crippen LogP contribution in [0.5, 0.6) is 0 Å². The van der Waals surface area contributed by atoms with Crippen molar-refractivity contribution in [3.05, 3.63) is 0 Å². The van der Waals surface area contributed by atoms with Gasteiger partial charge in [0.05, 0.1) is 6.07 Å². The highest BCUT2D eigenvalue weighted by Crippen LogP contribution is 2.20. The van der Waals surface area contributed by atoms with Crippen LogP contribution < -0.4 is 0 Å². The highest BCUT2D eigenvalue weighted by molar-refractivity contribution is 7.86. The van der Waals surface area contributed by atoms with Gasteiger partial charge in [0.25, 0.3) is 10.2 Å². The molecular formula is C11H21N3O2S. The summed E-state index contributed by atoms with van der Waals surface area (Å²) in [5, 5.41) is 8.70. The Balaban J connectivity index is 2.80. The third-order valence-corrected chi connectivity index (χ3v) is 4.94. The Hall–Kier alpha value is -0.640. The molecule has 1 atom stereocenters. The molecule has 0 amide bonds. The minimum atomic E-state index is -3.44. The lowest BCUT2D eigenvalue weighted by atomic mass is 10.0. The van der Waals surface area contributed by atoms with Gasteiger partial charge in [0, 0.05) is 19.6 Å². The van der Waals surface area contributed by atoms with Crippen LogP contribution in [0.15, 0.2) is 0 Å². The van der Waals surface area contributed by atoms with Crippen molar-refractivity contribution in [1.82, 2.24) is 8.61 Å². The molecule has 98 valence electrons. The zero-order valence-corrected chi connectivity index (χ0v) is 11.4. The third-order valence-electron chi connectivity index (χ3n) is 2.99. The molecule has 0 bridgehead atoms. The van der Waals surface area contributed by atoms with Gasteiger partial charge in [-0.15, -0.1) is 0 Å². The number of rotatable bonds is 5. The minimum Gasteiger partial charge on any atom is -0.197 e. The van der Waals surface area contributed by atoms with E-state index in [-0.39, 0.29) is 6.54 Å². The summed E-state index contributed by atoms with van der Waals surface area (Å²) in [6, 6.07) is 1.93. The zero-order valence-electron chi connectivity index (χ0n) is 10.6. The van der Waals surface area contributed by atoms with Gasteiger partial charge in [-0.25, -0.2) is 0 Å². The van der Waals surface area contributed by atoms with E-state index in [1.54, 1.807) is 0 Å². The van der Waals surface area contributed by atoms with E-state index in [1.165, 1.54) is 8.61 Å². The molecule has 6 heteroatoms. The molecule has 0 N–H and O–H groups in total. The molecule has 1 saturated heterocycles. The van der Waals surface area contributed by atoms with Gasteiger partial charge in [0.15, 0.2) is 0 Å². The van der Waals surface area contributed by atoms with Gasteiger partial charge in [-0.05, 0) is 25.2 Å². The molecule has 0 aromatic carbocycles. The van der Waals surface area contributed by atoms with Crippen LogP contribution in [0, 0.1) is 17.2 Å². The van der Waals surface area contributed by atoms with Gasteiger partial charge in [-0.2, -0.15) is 22.3 Å². The number of nitriles is 1. The molecule has 1 heterocycles. The van der Waals surface area contributed by atoms with Crippen molar-refractivity contribution in [3.8, 4) is 6.07 Å². The second kappa shape index (κ2) is 6.34. The summed E-state index contributed by atoms with van der Waals surface area (Å²) in [6.45, 7) is 5.50. The maximum absolute atomic E-state index is 12.3. The molecule has 1 unspecified atom stereocenters. The predicted octanol–water partition coefficient (Wildman–Crippen LogP) is 1.20. The van der Waals surface area contributed by atoms with E-state index in [2.05, 4.69) is 6.92 Å². The maximum Gasteiger partial charge on any atom is 0.282 e. The van der Waals surface area contributed by atoms with E-state index in [4.69, 9.17) is 5.26 Å². The van der Waals surface area contributed by atoms with E-state index < -0.39 is 10.2 Å². The van der Waals surface area contributed by atoms with Crippen LogP contribution in [0.2, 0.25) is 0 Å². The standard InChI is InChI=1S/C11H21N3O2S/c1-3-7-13(9-6-12)17(15,16)14-8-4-5-11(2)10-14/h11H,3-5,7-10H2,1-2H3. The van der Waals surface area contributed by atoms with E-state index in [0.717, 1.165) is 19.3 Å². The molecule has 0 aromatic rings. The van der Waals surface area contributed by atoms with Crippen molar-refractivity contribution in [1.29, 1.82) is 5.26 Å². The van der Waals surface area contributed by atoms with Gasteiger partial charge in [-0.1, -0.05) is 13.8 Å². The van der Waals surface area contributed by atoms with Crippen molar-refractivity contribution in [2.45, 2.75) is 33.1 Å². The Kier molecular flexibility index (Phi) is 5.37. The van der Waals surface area contributed by atoms with Crippen LogP contribution in [0.3, 0.4) is 0 Å². The highest BCUT2D eigenvalue weighted by atomic mass is 32.2. The summed E-state index contributed by atoms with van der Waals surface area (Å²) >= 11 is 0. The Labute approximate surface area is 104 Å². The summed E-state index contributed by atoms with van der Waals surface area (Å²) in [4.78, 5) is 0. The minimum absolute atomic E-state index is 0.0545. The topological polar surface area (TPSA) is 64.4 Å². The Morgan fingerprint density at radius 2 is 2.24 bits per heavy atom. The van der Waals surface area contributed by atoms with Gasteiger partial charge < -0.3 is 0 Å². The summed E-state index contributed by atoms with van der Waals surface area (Å²) in [7, 11) is -3.44. The Bertz CT molecular complexity index is 375. The highest BCUT2D eigenvalue weighted by Gasteiger charge is 2.31. The van der Waals surface area contributed by atoms with Crippen LogP contribution in [-0.4, -0.2) is 43.2 Å². The lowest BCUT2D eigenvalue weighted by Gasteiger charge is -2.33. The number of piperidine rings is 1. The molecule has 1 rings (SSSR count). The van der Waals surface area contributed by atoms with Crippen molar-refractivity contribution >= 4 is 10.2 Å². The zero-order chi connectivity index (χ0) is 12.9. The lowest BCUT2D eigenvalue weighted by molar-refractivity contribution is 0.261. The fraction of sp³-hybridized carbons (Fsp3) is 0.909. The first-order valence-corrected chi connectivity index (χ1v) is 7.54. The number of hydrogen-bond acceptors (Lipinski definition) is 3. The quantitative estimate of drug-likeness (QED) is 0.697. The SMILES string of the molecule is CCCN(CC#N)S(=O)(=O)N1CCCC(C)C1. The van der Waals surface area contributed by atoms with Crippen LogP contribution in [-0.2, 0) is 10.2 Å². The van der Waals surface area contributed by atoms with Crippen LogP contribution in [0.4, 0.5) is 0 Å². The van der Waals surface area contributed by atoms with E-state index in [1.807, 2.05) is 13.0 Å². The summed E-state index contributed by atoms with van der Waals surface area (Å²) in [5.74, 6) is 0.407. The largest absolute Gasteiger partial charge is 0.282 e. The van der Waals surface area contributed by atoms with Crippen molar-refractivity contribution < 1.29 is 8.42 Å². The van der Waals surface area contributed by atoms with Crippen LogP contribution in [0.1, 0.15) is 33.1 Å². The first-order chi connectivity index (χ1) is 8.02. The van der Waals surface area contributed by atoms with Gasteiger partial charge in [-0.3, -0.25) is 0 Å². The molecule has 0 radical (unpaired) electrons. The third kappa shape index (κ3) is 3.66. The molecule has 5 nitrogen and oxygen atoms in total. The molecule has 1 aliphatic rings. The smallest absolute Gasteiger partial charge is 0.197 e. The van der Waals surface area contributed by atoms with Crippen LogP contribution >= 0.6 is 0 Å². The van der Waals surface area contributed by atoms with E-state index >= 15 is 0 Å². The molecule has 1 aliphatic heterocycles. The molecule has 0 saturated carbocycles. The van der Waals surface area contributed by atoms with Crippen LogP contribution in [0.25, 0.3) is 0 Å². The van der Waals surface area contributed by atoms with Gasteiger partial charge in [0.1, 0.15) is 6.54 Å². The van der Waals surface area contributed by atoms with Crippen molar-refractivity contribution in [3.63, 3.8) is 0 Å². The molecule has 0 aromatic heterocycles. The molecular weight excluding hydrogens is 238 g/mol. The predicted molar refractivity (Wildman–Crippen MR) is 66.4 cm³/mol. The molecule has 0 spiro atoms. The van der Waals surface area contributed by atoms with Crippen molar-refractivity contribution in [2.24, 2.45) is 5.92 Å². The lowest BCUT2D eigenvalue weighted by Crippen LogP contribution is -2.48. The average molecular weight is 259 g/mol. The van der Waals surface area contributed by atoms with Gasteiger partial charge in [0.2, 0.25) is 0 Å². The normalized spacial score (nSPS) is 22.6. The fourth-order valence-corrected chi connectivity index (χ4v) is 3.89. The number of nitrogens with zero attached hydrogens (tertiary/aromatic N) is 3. The maximum atomic E-state index is 12.3. The Morgan fingerprint density at radius 1 is 1.53 bits per heavy atom. The van der Waals surface area contributed by atoms with Crippen molar-refractivity contribution in [2.75, 3.05) is 26.2 Å². The van der Waals surface area contributed by atoms with E-state index in [9.17, 15) is 8.42 Å². The average Bonchev–Trinajstić information content (AvgIpc) is 2.29. The fourth-order valence-electron chi connectivity index (χ4n) is 2.12. The van der Waals surface area contributed by atoms with Gasteiger partial charge >= 0.3 is 0 Å². The Morgan fingerprint density at radius 3 is 2.76 bits per heavy atom. The first-order valence-electron chi connectivity index (χ1n) is 6.14. The summed E-state index contributed by atoms with van der Waals surface area (Å²) < 4.78 is 27.4. The summed E-state index contributed by atoms with van der Waals surface area (Å²) in [6.07, 6.45) is 2.72. The molecule has 1 fully saturated rings. The summed E-state index contributed by atoms with van der Waals surface area (Å²) in [5.41, 5.74) is 0. The molecule has 0 aliphatic carbocycles. The molecule has 17 heavy (non-hydrogen) atoms. The second-order valence-electron chi connectivity index (χ2n) is 4.60. The van der Waals surface area contributed by atoms with E-state index in [0.29, 0.717) is 25.6 Å². The second-order valence-corrected chi connectivity index (χ2v) is 6.53. The number of hydrogen-bond donors (Lipinski definition) is 0.